The van der Waals surface area contributed by atoms with Crippen molar-refractivity contribution < 1.29 is 9.53 Å². The number of hydrogen-bond acceptors (Lipinski definition) is 5. The summed E-state index contributed by atoms with van der Waals surface area (Å²) in [5.74, 6) is 1.26. The Morgan fingerprint density at radius 1 is 1.55 bits per heavy atom. The number of imidazole rings is 2. The van der Waals surface area contributed by atoms with E-state index < -0.39 is 5.97 Å². The fourth-order valence-electron chi connectivity index (χ4n) is 2.26. The molecule has 2 aromatic rings. The Labute approximate surface area is 117 Å². The Hall–Kier alpha value is -2.31. The van der Waals surface area contributed by atoms with Crippen LogP contribution >= 0.6 is 0 Å². The third-order valence-electron chi connectivity index (χ3n) is 3.13. The van der Waals surface area contributed by atoms with E-state index in [9.17, 15) is 4.79 Å². The number of esters is 1. The van der Waals surface area contributed by atoms with Gasteiger partial charge in [0.25, 0.3) is 0 Å². The minimum absolute atomic E-state index is 0.0827. The van der Waals surface area contributed by atoms with Crippen LogP contribution in [0.15, 0.2) is 12.4 Å². The van der Waals surface area contributed by atoms with Crippen molar-refractivity contribution in [2.24, 2.45) is 0 Å². The van der Waals surface area contributed by atoms with Crippen molar-refractivity contribution in [3.8, 4) is 0 Å². The molecule has 0 aromatic carbocycles. The van der Waals surface area contributed by atoms with Gasteiger partial charge in [0.05, 0.1) is 12.6 Å². The van der Waals surface area contributed by atoms with Gasteiger partial charge in [-0.05, 0) is 20.3 Å². The predicted molar refractivity (Wildman–Crippen MR) is 74.4 cm³/mol. The van der Waals surface area contributed by atoms with E-state index >= 15 is 0 Å². The van der Waals surface area contributed by atoms with Gasteiger partial charge in [0, 0.05) is 12.4 Å². The number of aromatic nitrogens is 4. The third-order valence-corrected chi connectivity index (χ3v) is 3.13. The van der Waals surface area contributed by atoms with Crippen molar-refractivity contribution in [1.82, 2.24) is 19.5 Å². The summed E-state index contributed by atoms with van der Waals surface area (Å²) in [6.45, 7) is 5.87. The highest BCUT2D eigenvalue weighted by molar-refractivity contribution is 5.92. The normalized spacial score (nSPS) is 12.3. The number of nitrogens with two attached hydrogens (primary N) is 1. The molecule has 1 atom stereocenters. The number of ether oxygens (including phenoxy) is 1. The van der Waals surface area contributed by atoms with Crippen LogP contribution in [-0.4, -0.2) is 32.1 Å². The smallest absolute Gasteiger partial charge is 0.360 e. The van der Waals surface area contributed by atoms with Gasteiger partial charge < -0.3 is 20.0 Å². The zero-order valence-electron chi connectivity index (χ0n) is 11.9. The molecular weight excluding hydrogens is 258 g/mol. The van der Waals surface area contributed by atoms with Crippen LogP contribution in [0.1, 0.15) is 48.4 Å². The lowest BCUT2D eigenvalue weighted by Gasteiger charge is -2.17. The van der Waals surface area contributed by atoms with Crippen molar-refractivity contribution in [1.29, 1.82) is 0 Å². The summed E-state index contributed by atoms with van der Waals surface area (Å²) in [6.07, 6.45) is 4.22. The molecule has 7 heteroatoms. The van der Waals surface area contributed by atoms with Crippen LogP contribution in [0.4, 0.5) is 5.82 Å². The number of rotatable bonds is 5. The Morgan fingerprint density at radius 3 is 2.85 bits per heavy atom. The lowest BCUT2D eigenvalue weighted by molar-refractivity contribution is 0.0521. The summed E-state index contributed by atoms with van der Waals surface area (Å²) < 4.78 is 6.77. The molecular formula is C13H19N5O2. The van der Waals surface area contributed by atoms with E-state index in [1.807, 2.05) is 18.4 Å². The zero-order valence-corrected chi connectivity index (χ0v) is 11.9. The largest absolute Gasteiger partial charge is 0.461 e. The lowest BCUT2D eigenvalue weighted by Crippen LogP contribution is -2.16. The molecule has 0 aliphatic heterocycles. The van der Waals surface area contributed by atoms with E-state index in [4.69, 9.17) is 10.5 Å². The van der Waals surface area contributed by atoms with Crippen molar-refractivity contribution in [2.45, 2.75) is 33.2 Å². The molecule has 0 bridgehead atoms. The van der Waals surface area contributed by atoms with Crippen molar-refractivity contribution in [3.05, 3.63) is 29.7 Å². The first-order valence-electron chi connectivity index (χ1n) is 6.60. The van der Waals surface area contributed by atoms with Crippen LogP contribution in [0.3, 0.4) is 0 Å². The predicted octanol–water partition coefficient (Wildman–Crippen LogP) is 1.67. The van der Waals surface area contributed by atoms with Crippen LogP contribution in [0.25, 0.3) is 0 Å². The van der Waals surface area contributed by atoms with Crippen molar-refractivity contribution in [3.63, 3.8) is 0 Å². The summed E-state index contributed by atoms with van der Waals surface area (Å²) in [5, 5.41) is 0. The number of nitrogens with one attached hydrogen (secondary N) is 1. The number of carbonyl (C=O) groups excluding carboxylic acids is 1. The van der Waals surface area contributed by atoms with E-state index in [2.05, 4.69) is 15.0 Å². The second-order valence-electron chi connectivity index (χ2n) is 4.38. The molecule has 0 aliphatic rings. The van der Waals surface area contributed by atoms with Gasteiger partial charge in [-0.2, -0.15) is 0 Å². The SMILES string of the molecule is CCOC(=O)c1nc(C)n(C(CC)c2ncc[nH]2)c1N. The second kappa shape index (κ2) is 5.77. The standard InChI is InChI=1S/C13H19N5O2/c1-4-9(12-15-6-7-16-12)18-8(3)17-10(11(18)14)13(19)20-5-2/h6-7,9H,4-5,14H2,1-3H3,(H,15,16). The second-order valence-corrected chi connectivity index (χ2v) is 4.38. The summed E-state index contributed by atoms with van der Waals surface area (Å²) in [6, 6.07) is -0.0827. The number of hydrogen-bond donors (Lipinski definition) is 2. The Bertz CT molecular complexity index is 588. The maximum absolute atomic E-state index is 11.8. The number of carbonyl (C=O) groups is 1. The monoisotopic (exact) mass is 277 g/mol. The number of nitrogen functional groups attached to an aromatic ring is 1. The minimum atomic E-state index is -0.499. The Kier molecular flexibility index (Phi) is 4.07. The molecule has 0 fully saturated rings. The number of aryl methyl sites for hydroxylation is 1. The molecule has 1 unspecified atom stereocenters. The molecule has 108 valence electrons. The molecule has 0 saturated carbocycles. The highest BCUT2D eigenvalue weighted by Crippen LogP contribution is 2.26. The van der Waals surface area contributed by atoms with Gasteiger partial charge in [-0.25, -0.2) is 14.8 Å². The average Bonchev–Trinajstić information content (AvgIpc) is 3.03. The number of aromatic amines is 1. The highest BCUT2D eigenvalue weighted by atomic mass is 16.5. The molecule has 0 saturated heterocycles. The van der Waals surface area contributed by atoms with E-state index in [0.717, 1.165) is 12.2 Å². The van der Waals surface area contributed by atoms with E-state index in [1.54, 1.807) is 19.3 Å². The topological polar surface area (TPSA) is 98.8 Å². The van der Waals surface area contributed by atoms with Gasteiger partial charge in [-0.1, -0.05) is 6.92 Å². The third kappa shape index (κ3) is 2.38. The van der Waals surface area contributed by atoms with Crippen molar-refractivity contribution >= 4 is 11.8 Å². The first-order valence-corrected chi connectivity index (χ1v) is 6.60. The van der Waals surface area contributed by atoms with Gasteiger partial charge in [0.2, 0.25) is 0 Å². The molecule has 0 aliphatic carbocycles. The van der Waals surface area contributed by atoms with E-state index in [0.29, 0.717) is 18.2 Å². The van der Waals surface area contributed by atoms with Crippen LogP contribution in [0, 0.1) is 6.92 Å². The number of anilines is 1. The first-order chi connectivity index (χ1) is 9.60. The lowest BCUT2D eigenvalue weighted by atomic mass is 10.2. The highest BCUT2D eigenvalue weighted by Gasteiger charge is 2.25. The van der Waals surface area contributed by atoms with Crippen LogP contribution in [0.2, 0.25) is 0 Å². The summed E-state index contributed by atoms with van der Waals surface area (Å²) in [7, 11) is 0. The molecule has 20 heavy (non-hydrogen) atoms. The molecule has 2 rings (SSSR count). The molecule has 2 aromatic heterocycles. The summed E-state index contributed by atoms with van der Waals surface area (Å²) in [5.41, 5.74) is 6.24. The fraction of sp³-hybridized carbons (Fsp3) is 0.462. The molecule has 0 amide bonds. The van der Waals surface area contributed by atoms with E-state index in [1.165, 1.54) is 0 Å². The van der Waals surface area contributed by atoms with Crippen LogP contribution < -0.4 is 5.73 Å². The molecule has 2 heterocycles. The Balaban J connectivity index is 2.44. The average molecular weight is 277 g/mol. The maximum atomic E-state index is 11.8. The first kappa shape index (κ1) is 14.1. The maximum Gasteiger partial charge on any atom is 0.360 e. The summed E-state index contributed by atoms with van der Waals surface area (Å²) >= 11 is 0. The zero-order chi connectivity index (χ0) is 14.7. The van der Waals surface area contributed by atoms with Crippen molar-refractivity contribution in [2.75, 3.05) is 12.3 Å². The molecule has 7 nitrogen and oxygen atoms in total. The molecule has 3 N–H and O–H groups in total. The van der Waals surface area contributed by atoms with E-state index in [-0.39, 0.29) is 11.7 Å². The Morgan fingerprint density at radius 2 is 2.30 bits per heavy atom. The van der Waals surface area contributed by atoms with Gasteiger partial charge in [0.15, 0.2) is 5.69 Å². The quantitative estimate of drug-likeness (QED) is 0.810. The summed E-state index contributed by atoms with van der Waals surface area (Å²) in [4.78, 5) is 23.4. The number of nitrogens with zero attached hydrogens (tertiary/aromatic N) is 3. The van der Waals surface area contributed by atoms with Gasteiger partial charge in [-0.15, -0.1) is 0 Å². The number of H-pyrrole nitrogens is 1. The minimum Gasteiger partial charge on any atom is -0.461 e. The van der Waals surface area contributed by atoms with Gasteiger partial charge in [-0.3, -0.25) is 0 Å². The van der Waals surface area contributed by atoms with Gasteiger partial charge in [0.1, 0.15) is 17.5 Å². The van der Waals surface area contributed by atoms with Crippen LogP contribution in [0.5, 0.6) is 0 Å². The van der Waals surface area contributed by atoms with Crippen LogP contribution in [-0.2, 0) is 4.74 Å². The fourth-order valence-corrected chi connectivity index (χ4v) is 2.26. The molecule has 0 spiro atoms. The molecule has 0 radical (unpaired) electrons. The van der Waals surface area contributed by atoms with Gasteiger partial charge >= 0.3 is 5.97 Å².